The fraction of sp³-hybridized carbons (Fsp3) is 0.700. The number of thiazole rings is 1. The van der Waals surface area contributed by atoms with E-state index < -0.39 is 0 Å². The first kappa shape index (κ1) is 9.16. The summed E-state index contributed by atoms with van der Waals surface area (Å²) in [5.41, 5.74) is 1.26. The van der Waals surface area contributed by atoms with Crippen molar-refractivity contribution in [3.63, 3.8) is 0 Å². The quantitative estimate of drug-likeness (QED) is 0.784. The Kier molecular flexibility index (Phi) is 2.96. The van der Waals surface area contributed by atoms with E-state index in [2.05, 4.69) is 22.6 Å². The molecule has 0 radical (unpaired) electrons. The van der Waals surface area contributed by atoms with Crippen LogP contribution in [0.5, 0.6) is 0 Å². The van der Waals surface area contributed by atoms with Gasteiger partial charge in [-0.05, 0) is 32.4 Å². The molecular formula is C10H16N2S. The summed E-state index contributed by atoms with van der Waals surface area (Å²) in [6.45, 7) is 4.48. The Hall–Kier alpha value is -0.410. The van der Waals surface area contributed by atoms with Crippen LogP contribution in [-0.4, -0.2) is 18.1 Å². The number of aryl methyl sites for hydroxylation is 1. The second kappa shape index (κ2) is 4.20. The molecular weight excluding hydrogens is 180 g/mol. The highest BCUT2D eigenvalue weighted by molar-refractivity contribution is 7.09. The van der Waals surface area contributed by atoms with E-state index >= 15 is 0 Å². The summed E-state index contributed by atoms with van der Waals surface area (Å²) in [6.07, 6.45) is 3.59. The molecule has 1 saturated heterocycles. The van der Waals surface area contributed by atoms with Crippen molar-refractivity contribution in [3.05, 3.63) is 16.1 Å². The van der Waals surface area contributed by atoms with Crippen molar-refractivity contribution >= 4 is 11.3 Å². The lowest BCUT2D eigenvalue weighted by Gasteiger charge is -2.20. The first-order valence-corrected chi connectivity index (χ1v) is 5.93. The molecule has 1 N–H and O–H groups in total. The van der Waals surface area contributed by atoms with Crippen LogP contribution in [0.2, 0.25) is 0 Å². The number of piperidine rings is 1. The maximum Gasteiger partial charge on any atom is 0.0960 e. The standard InChI is InChI=1S/C10H16N2S/c1-2-9-7-13-10(12-9)8-3-5-11-6-4-8/h7-8,11H,2-6H2,1H3. The first-order valence-electron chi connectivity index (χ1n) is 5.05. The maximum absolute atomic E-state index is 4.64. The fourth-order valence-electron chi connectivity index (χ4n) is 1.74. The van der Waals surface area contributed by atoms with Gasteiger partial charge >= 0.3 is 0 Å². The smallest absolute Gasteiger partial charge is 0.0960 e. The molecule has 1 aromatic rings. The van der Waals surface area contributed by atoms with Crippen LogP contribution in [0.25, 0.3) is 0 Å². The molecule has 0 spiro atoms. The van der Waals surface area contributed by atoms with Gasteiger partial charge in [-0.2, -0.15) is 0 Å². The molecule has 1 aliphatic heterocycles. The van der Waals surface area contributed by atoms with E-state index in [9.17, 15) is 0 Å². The van der Waals surface area contributed by atoms with Crippen LogP contribution >= 0.6 is 11.3 Å². The van der Waals surface area contributed by atoms with Gasteiger partial charge < -0.3 is 5.32 Å². The Balaban J connectivity index is 2.05. The highest BCUT2D eigenvalue weighted by atomic mass is 32.1. The summed E-state index contributed by atoms with van der Waals surface area (Å²) in [5, 5.41) is 6.95. The van der Waals surface area contributed by atoms with Crippen LogP contribution in [0, 0.1) is 0 Å². The Bertz CT molecular complexity index is 264. The molecule has 3 heteroatoms. The molecule has 72 valence electrons. The van der Waals surface area contributed by atoms with Crippen molar-refractivity contribution < 1.29 is 0 Å². The van der Waals surface area contributed by atoms with E-state index in [1.165, 1.54) is 23.5 Å². The Morgan fingerprint density at radius 1 is 1.54 bits per heavy atom. The van der Waals surface area contributed by atoms with E-state index in [4.69, 9.17) is 0 Å². The lowest BCUT2D eigenvalue weighted by atomic mass is 9.99. The third-order valence-corrected chi connectivity index (χ3v) is 3.68. The lowest BCUT2D eigenvalue weighted by molar-refractivity contribution is 0.458. The van der Waals surface area contributed by atoms with Crippen molar-refractivity contribution in [2.45, 2.75) is 32.1 Å². The van der Waals surface area contributed by atoms with Crippen molar-refractivity contribution in [2.75, 3.05) is 13.1 Å². The van der Waals surface area contributed by atoms with Crippen LogP contribution in [0.15, 0.2) is 5.38 Å². The number of nitrogens with one attached hydrogen (secondary N) is 1. The van der Waals surface area contributed by atoms with Crippen molar-refractivity contribution in [1.82, 2.24) is 10.3 Å². The van der Waals surface area contributed by atoms with Crippen molar-refractivity contribution in [3.8, 4) is 0 Å². The van der Waals surface area contributed by atoms with Crippen LogP contribution in [0.3, 0.4) is 0 Å². The molecule has 2 heterocycles. The third kappa shape index (κ3) is 2.09. The highest BCUT2D eigenvalue weighted by Gasteiger charge is 2.17. The van der Waals surface area contributed by atoms with Crippen molar-refractivity contribution in [1.29, 1.82) is 0 Å². The normalized spacial score (nSPS) is 19.2. The lowest BCUT2D eigenvalue weighted by Crippen LogP contribution is -2.26. The zero-order chi connectivity index (χ0) is 9.10. The molecule has 0 aromatic carbocycles. The molecule has 0 saturated carbocycles. The molecule has 0 amide bonds. The summed E-state index contributed by atoms with van der Waals surface area (Å²) in [4.78, 5) is 4.64. The molecule has 2 nitrogen and oxygen atoms in total. The Morgan fingerprint density at radius 3 is 2.92 bits per heavy atom. The minimum atomic E-state index is 0.728. The summed E-state index contributed by atoms with van der Waals surface area (Å²) in [5.74, 6) is 0.728. The summed E-state index contributed by atoms with van der Waals surface area (Å²) >= 11 is 1.84. The van der Waals surface area contributed by atoms with Gasteiger partial charge in [0.2, 0.25) is 0 Å². The summed E-state index contributed by atoms with van der Waals surface area (Å²) < 4.78 is 0. The number of aromatic nitrogens is 1. The average molecular weight is 196 g/mol. The Labute approximate surface area is 83.4 Å². The third-order valence-electron chi connectivity index (χ3n) is 2.62. The monoisotopic (exact) mass is 196 g/mol. The molecule has 0 atom stereocenters. The molecule has 1 fully saturated rings. The van der Waals surface area contributed by atoms with Crippen LogP contribution < -0.4 is 5.32 Å². The minimum Gasteiger partial charge on any atom is -0.317 e. The van der Waals surface area contributed by atoms with E-state index in [0.717, 1.165) is 25.4 Å². The molecule has 2 rings (SSSR count). The van der Waals surface area contributed by atoms with Crippen LogP contribution in [0.4, 0.5) is 0 Å². The number of nitrogens with zero attached hydrogens (tertiary/aromatic N) is 1. The number of rotatable bonds is 2. The van der Waals surface area contributed by atoms with E-state index in [0.29, 0.717) is 0 Å². The van der Waals surface area contributed by atoms with Crippen molar-refractivity contribution in [2.24, 2.45) is 0 Å². The van der Waals surface area contributed by atoms with E-state index in [1.807, 2.05) is 11.3 Å². The number of hydrogen-bond acceptors (Lipinski definition) is 3. The predicted octanol–water partition coefficient (Wildman–Crippen LogP) is 2.17. The van der Waals surface area contributed by atoms with Gasteiger partial charge in [-0.3, -0.25) is 0 Å². The predicted molar refractivity (Wildman–Crippen MR) is 56.3 cm³/mol. The first-order chi connectivity index (χ1) is 6.40. The molecule has 1 aliphatic rings. The molecule has 1 aromatic heterocycles. The Morgan fingerprint density at radius 2 is 2.31 bits per heavy atom. The highest BCUT2D eigenvalue weighted by Crippen LogP contribution is 2.27. The maximum atomic E-state index is 4.64. The van der Waals surface area contributed by atoms with Gasteiger partial charge in [-0.15, -0.1) is 11.3 Å². The van der Waals surface area contributed by atoms with Gasteiger partial charge in [0, 0.05) is 11.3 Å². The number of hydrogen-bond donors (Lipinski definition) is 1. The molecule has 13 heavy (non-hydrogen) atoms. The molecule has 0 aliphatic carbocycles. The zero-order valence-corrected chi connectivity index (χ0v) is 8.86. The van der Waals surface area contributed by atoms with Crippen LogP contribution in [0.1, 0.15) is 36.4 Å². The van der Waals surface area contributed by atoms with Crippen LogP contribution in [-0.2, 0) is 6.42 Å². The van der Waals surface area contributed by atoms with Gasteiger partial charge in [0.15, 0.2) is 0 Å². The largest absolute Gasteiger partial charge is 0.317 e. The van der Waals surface area contributed by atoms with Gasteiger partial charge in [0.1, 0.15) is 0 Å². The SMILES string of the molecule is CCc1csc(C2CCNCC2)n1. The zero-order valence-electron chi connectivity index (χ0n) is 8.05. The second-order valence-electron chi connectivity index (χ2n) is 3.55. The average Bonchev–Trinajstić information content (AvgIpc) is 2.67. The fourth-order valence-corrected chi connectivity index (χ4v) is 2.82. The van der Waals surface area contributed by atoms with Gasteiger partial charge in [0.05, 0.1) is 10.7 Å². The van der Waals surface area contributed by atoms with Gasteiger partial charge in [0.25, 0.3) is 0 Å². The summed E-state index contributed by atoms with van der Waals surface area (Å²) in [7, 11) is 0. The summed E-state index contributed by atoms with van der Waals surface area (Å²) in [6, 6.07) is 0. The van der Waals surface area contributed by atoms with Gasteiger partial charge in [-0.1, -0.05) is 6.92 Å². The van der Waals surface area contributed by atoms with Gasteiger partial charge in [-0.25, -0.2) is 4.98 Å². The van der Waals surface area contributed by atoms with E-state index in [1.54, 1.807) is 0 Å². The topological polar surface area (TPSA) is 24.9 Å². The molecule has 0 bridgehead atoms. The second-order valence-corrected chi connectivity index (χ2v) is 4.44. The van der Waals surface area contributed by atoms with E-state index in [-0.39, 0.29) is 0 Å². The minimum absolute atomic E-state index is 0.728. The molecule has 0 unspecified atom stereocenters.